The molecule has 4 heteroatoms. The average Bonchev–Trinajstić information content (AvgIpc) is 2.43. The predicted octanol–water partition coefficient (Wildman–Crippen LogP) is 3.86. The molecule has 1 aliphatic rings. The Balaban J connectivity index is 2.25. The Morgan fingerprint density at radius 2 is 1.95 bits per heavy atom. The number of carbonyl (C=O) groups excluding carboxylic acids is 1. The summed E-state index contributed by atoms with van der Waals surface area (Å²) in [5.41, 5.74) is -0.130. The summed E-state index contributed by atoms with van der Waals surface area (Å²) >= 11 is 6.03. The second kappa shape index (κ2) is 6.23. The largest absolute Gasteiger partial charge is 0.297 e. The van der Waals surface area contributed by atoms with E-state index in [0.717, 1.165) is 25.7 Å². The van der Waals surface area contributed by atoms with Crippen LogP contribution in [0.2, 0.25) is 5.02 Å². The van der Waals surface area contributed by atoms with Gasteiger partial charge >= 0.3 is 0 Å². The fraction of sp³-hybridized carbons (Fsp3) is 0.562. The maximum absolute atomic E-state index is 13.9. The van der Waals surface area contributed by atoms with Gasteiger partial charge in [0.2, 0.25) is 0 Å². The summed E-state index contributed by atoms with van der Waals surface area (Å²) in [7, 11) is 3.87. The lowest BCUT2D eigenvalue weighted by molar-refractivity contribution is -0.131. The summed E-state index contributed by atoms with van der Waals surface area (Å²) < 4.78 is 13.9. The van der Waals surface area contributed by atoms with Crippen molar-refractivity contribution >= 4 is 17.4 Å². The number of carbonyl (C=O) groups is 1. The predicted molar refractivity (Wildman–Crippen MR) is 79.6 cm³/mol. The van der Waals surface area contributed by atoms with E-state index in [9.17, 15) is 9.18 Å². The van der Waals surface area contributed by atoms with Crippen molar-refractivity contribution in [2.75, 3.05) is 14.1 Å². The Kier molecular flexibility index (Phi) is 4.82. The lowest BCUT2D eigenvalue weighted by Gasteiger charge is -2.41. The minimum atomic E-state index is -0.455. The number of ketones is 1. The van der Waals surface area contributed by atoms with Crippen molar-refractivity contribution in [1.82, 2.24) is 4.90 Å². The normalized spacial score (nSPS) is 18.2. The van der Waals surface area contributed by atoms with Gasteiger partial charge in [0.25, 0.3) is 0 Å². The van der Waals surface area contributed by atoms with Gasteiger partial charge in [0.15, 0.2) is 5.78 Å². The van der Waals surface area contributed by atoms with Gasteiger partial charge in [0.1, 0.15) is 5.82 Å². The van der Waals surface area contributed by atoms with Gasteiger partial charge in [-0.05, 0) is 39.1 Å². The third kappa shape index (κ3) is 2.89. The van der Waals surface area contributed by atoms with Gasteiger partial charge in [-0.25, -0.2) is 4.39 Å². The molecule has 0 amide bonds. The number of hydrogen-bond acceptors (Lipinski definition) is 2. The first-order chi connectivity index (χ1) is 9.47. The van der Waals surface area contributed by atoms with Gasteiger partial charge in [-0.15, -0.1) is 0 Å². The second-order valence-electron chi connectivity index (χ2n) is 5.79. The highest BCUT2D eigenvalue weighted by molar-refractivity contribution is 6.31. The van der Waals surface area contributed by atoms with E-state index in [1.807, 2.05) is 19.0 Å². The molecule has 20 heavy (non-hydrogen) atoms. The molecule has 1 fully saturated rings. The molecule has 2 rings (SSSR count). The van der Waals surface area contributed by atoms with Crippen LogP contribution in [-0.4, -0.2) is 30.3 Å². The highest BCUT2D eigenvalue weighted by atomic mass is 35.5. The van der Waals surface area contributed by atoms with E-state index < -0.39 is 11.4 Å². The van der Waals surface area contributed by atoms with Crippen molar-refractivity contribution in [3.05, 3.63) is 34.6 Å². The van der Waals surface area contributed by atoms with Gasteiger partial charge in [0.05, 0.1) is 5.54 Å². The first kappa shape index (κ1) is 15.5. The fourth-order valence-corrected chi connectivity index (χ4v) is 3.37. The zero-order chi connectivity index (χ0) is 14.8. The third-order valence-corrected chi connectivity index (χ3v) is 4.81. The van der Waals surface area contributed by atoms with E-state index >= 15 is 0 Å². The van der Waals surface area contributed by atoms with Gasteiger partial charge < -0.3 is 0 Å². The van der Waals surface area contributed by atoms with Gasteiger partial charge in [0, 0.05) is 17.0 Å². The van der Waals surface area contributed by atoms with Crippen LogP contribution in [0.3, 0.4) is 0 Å². The minimum absolute atomic E-state index is 0.0731. The van der Waals surface area contributed by atoms with Gasteiger partial charge in [-0.3, -0.25) is 9.69 Å². The van der Waals surface area contributed by atoms with E-state index in [0.29, 0.717) is 10.6 Å². The number of nitrogens with zero attached hydrogens (tertiary/aromatic N) is 1. The van der Waals surface area contributed by atoms with Crippen LogP contribution in [0.15, 0.2) is 18.2 Å². The summed E-state index contributed by atoms with van der Waals surface area (Å²) in [6.45, 7) is 0. The Bertz CT molecular complexity index is 475. The highest BCUT2D eigenvalue weighted by Gasteiger charge is 2.41. The number of hydrogen-bond donors (Lipinski definition) is 0. The molecule has 1 aromatic carbocycles. The van der Waals surface area contributed by atoms with Crippen molar-refractivity contribution in [1.29, 1.82) is 0 Å². The van der Waals surface area contributed by atoms with Gasteiger partial charge in [-0.1, -0.05) is 36.9 Å². The second-order valence-corrected chi connectivity index (χ2v) is 6.19. The molecule has 0 unspecified atom stereocenters. The quantitative estimate of drug-likeness (QED) is 0.841. The van der Waals surface area contributed by atoms with Crippen molar-refractivity contribution in [2.24, 2.45) is 0 Å². The zero-order valence-corrected chi connectivity index (χ0v) is 12.8. The molecule has 1 aromatic rings. The van der Waals surface area contributed by atoms with Crippen LogP contribution in [-0.2, 0) is 11.2 Å². The Hall–Kier alpha value is -0.930. The van der Waals surface area contributed by atoms with Crippen LogP contribution in [0.4, 0.5) is 4.39 Å². The number of likely N-dealkylation sites (N-methyl/N-ethyl adjacent to an activating group) is 1. The van der Waals surface area contributed by atoms with E-state index in [1.54, 1.807) is 12.1 Å². The fourth-order valence-electron chi connectivity index (χ4n) is 3.14. The number of rotatable bonds is 4. The van der Waals surface area contributed by atoms with E-state index in [2.05, 4.69) is 0 Å². The molecule has 0 N–H and O–H groups in total. The van der Waals surface area contributed by atoms with E-state index in [-0.39, 0.29) is 12.2 Å². The molecule has 0 saturated heterocycles. The molecule has 0 atom stereocenters. The molecule has 2 nitrogen and oxygen atoms in total. The topological polar surface area (TPSA) is 20.3 Å². The molecule has 0 radical (unpaired) electrons. The molecule has 0 bridgehead atoms. The van der Waals surface area contributed by atoms with E-state index in [4.69, 9.17) is 11.6 Å². The molecule has 1 saturated carbocycles. The number of Topliss-reactive ketones (excluding diaryl/α,β-unsaturated/α-hetero) is 1. The molecular formula is C16H21ClFNO. The molecule has 0 heterocycles. The molecule has 110 valence electrons. The molecule has 1 aliphatic carbocycles. The molecule has 0 aromatic heterocycles. The summed E-state index contributed by atoms with van der Waals surface area (Å²) in [4.78, 5) is 14.8. The smallest absolute Gasteiger partial charge is 0.157 e. The monoisotopic (exact) mass is 297 g/mol. The van der Waals surface area contributed by atoms with Crippen LogP contribution < -0.4 is 0 Å². The Morgan fingerprint density at radius 3 is 2.50 bits per heavy atom. The van der Waals surface area contributed by atoms with Crippen molar-refractivity contribution < 1.29 is 9.18 Å². The average molecular weight is 298 g/mol. The molecule has 0 spiro atoms. The zero-order valence-electron chi connectivity index (χ0n) is 12.1. The summed E-state index contributed by atoms with van der Waals surface area (Å²) in [5, 5.41) is 0.336. The third-order valence-electron chi connectivity index (χ3n) is 4.45. The van der Waals surface area contributed by atoms with Crippen LogP contribution >= 0.6 is 11.6 Å². The standard InChI is InChI=1S/C16H21ClFNO/c1-19(2)16(9-4-3-5-10-16)15(20)11-12-13(17)7-6-8-14(12)18/h6-8H,3-5,9-11H2,1-2H3. The Labute approximate surface area is 124 Å². The highest BCUT2D eigenvalue weighted by Crippen LogP contribution is 2.34. The SMILES string of the molecule is CN(C)C1(C(=O)Cc2c(F)cccc2Cl)CCCCC1. The lowest BCUT2D eigenvalue weighted by atomic mass is 9.76. The minimum Gasteiger partial charge on any atom is -0.297 e. The maximum Gasteiger partial charge on any atom is 0.157 e. The van der Waals surface area contributed by atoms with E-state index in [1.165, 1.54) is 12.5 Å². The van der Waals surface area contributed by atoms with Crippen LogP contribution in [0.25, 0.3) is 0 Å². The molecule has 0 aliphatic heterocycles. The first-order valence-electron chi connectivity index (χ1n) is 7.11. The summed E-state index contributed by atoms with van der Waals surface area (Å²) in [6.07, 6.45) is 5.05. The summed E-state index contributed by atoms with van der Waals surface area (Å²) in [6, 6.07) is 4.56. The van der Waals surface area contributed by atoms with Crippen molar-refractivity contribution in [3.8, 4) is 0 Å². The first-order valence-corrected chi connectivity index (χ1v) is 7.49. The summed E-state index contributed by atoms with van der Waals surface area (Å²) in [5.74, 6) is -0.315. The van der Waals surface area contributed by atoms with Crippen LogP contribution in [0, 0.1) is 5.82 Å². The maximum atomic E-state index is 13.9. The molecular weight excluding hydrogens is 277 g/mol. The van der Waals surface area contributed by atoms with Crippen LogP contribution in [0.5, 0.6) is 0 Å². The van der Waals surface area contributed by atoms with Crippen LogP contribution in [0.1, 0.15) is 37.7 Å². The van der Waals surface area contributed by atoms with Crippen molar-refractivity contribution in [2.45, 2.75) is 44.1 Å². The lowest BCUT2D eigenvalue weighted by Crippen LogP contribution is -2.53. The number of halogens is 2. The van der Waals surface area contributed by atoms with Crippen molar-refractivity contribution in [3.63, 3.8) is 0 Å². The number of benzene rings is 1. The van der Waals surface area contributed by atoms with Gasteiger partial charge in [-0.2, -0.15) is 0 Å². The Morgan fingerprint density at radius 1 is 1.30 bits per heavy atom.